The first-order valence-corrected chi connectivity index (χ1v) is 5.88. The van der Waals surface area contributed by atoms with Gasteiger partial charge in [0.05, 0.1) is 18.2 Å². The molecule has 6 heteroatoms. The molecule has 5 nitrogen and oxygen atoms in total. The van der Waals surface area contributed by atoms with Crippen LogP contribution in [0, 0.1) is 0 Å². The summed E-state index contributed by atoms with van der Waals surface area (Å²) >= 11 is 5.84. The SMILES string of the molecule is CC[C@H]1Oc2ccc(Cl)cc2N(CC(=O)[O-])C1=O. The number of amides is 1. The number of carboxylic acid groups (broad SMARTS) is 1. The highest BCUT2D eigenvalue weighted by Crippen LogP contribution is 2.36. The van der Waals surface area contributed by atoms with Crippen LogP contribution in [-0.4, -0.2) is 24.5 Å². The van der Waals surface area contributed by atoms with E-state index in [1.807, 2.05) is 0 Å². The Hall–Kier alpha value is -1.75. The standard InChI is InChI=1S/C12H12ClNO4/c1-2-9-12(17)14(6-11(15)16)8-5-7(13)3-4-10(8)18-9/h3-5,9H,2,6H2,1H3,(H,15,16)/p-1/t9-/m1/s1. The minimum atomic E-state index is -1.33. The number of halogens is 1. The first-order chi connectivity index (χ1) is 8.52. The number of hydrogen-bond acceptors (Lipinski definition) is 4. The van der Waals surface area contributed by atoms with E-state index in [0.29, 0.717) is 22.9 Å². The van der Waals surface area contributed by atoms with Gasteiger partial charge in [-0.05, 0) is 24.6 Å². The van der Waals surface area contributed by atoms with E-state index in [4.69, 9.17) is 16.3 Å². The van der Waals surface area contributed by atoms with E-state index >= 15 is 0 Å². The number of ether oxygens (including phenoxy) is 1. The number of carbonyl (C=O) groups is 2. The number of carboxylic acids is 1. The molecule has 1 heterocycles. The lowest BCUT2D eigenvalue weighted by atomic mass is 10.1. The lowest BCUT2D eigenvalue weighted by Gasteiger charge is -2.34. The smallest absolute Gasteiger partial charge is 0.268 e. The lowest BCUT2D eigenvalue weighted by Crippen LogP contribution is -2.50. The van der Waals surface area contributed by atoms with Crippen LogP contribution in [-0.2, 0) is 9.59 Å². The van der Waals surface area contributed by atoms with Crippen molar-refractivity contribution in [2.45, 2.75) is 19.4 Å². The molecule has 1 aliphatic rings. The van der Waals surface area contributed by atoms with Gasteiger partial charge in [-0.25, -0.2) is 0 Å². The zero-order valence-corrected chi connectivity index (χ0v) is 10.4. The molecule has 1 aromatic rings. The van der Waals surface area contributed by atoms with E-state index in [-0.39, 0.29) is 0 Å². The summed E-state index contributed by atoms with van der Waals surface area (Å²) in [6.07, 6.45) is -0.206. The van der Waals surface area contributed by atoms with Crippen molar-refractivity contribution in [2.24, 2.45) is 0 Å². The number of carbonyl (C=O) groups excluding carboxylic acids is 2. The molecular weight excluding hydrogens is 258 g/mol. The molecule has 0 saturated heterocycles. The molecule has 96 valence electrons. The fourth-order valence-corrected chi connectivity index (χ4v) is 2.01. The highest BCUT2D eigenvalue weighted by atomic mass is 35.5. The van der Waals surface area contributed by atoms with E-state index in [2.05, 4.69) is 0 Å². The Morgan fingerprint density at radius 2 is 2.28 bits per heavy atom. The molecule has 0 unspecified atom stereocenters. The maximum absolute atomic E-state index is 12.0. The Morgan fingerprint density at radius 1 is 1.56 bits per heavy atom. The van der Waals surface area contributed by atoms with Gasteiger partial charge in [-0.2, -0.15) is 0 Å². The number of benzene rings is 1. The van der Waals surface area contributed by atoms with Gasteiger partial charge in [0.1, 0.15) is 5.75 Å². The summed E-state index contributed by atoms with van der Waals surface area (Å²) in [5.74, 6) is -1.27. The van der Waals surface area contributed by atoms with Crippen LogP contribution in [0.15, 0.2) is 18.2 Å². The van der Waals surface area contributed by atoms with Gasteiger partial charge in [0, 0.05) is 5.02 Å². The highest BCUT2D eigenvalue weighted by molar-refractivity contribution is 6.31. The third kappa shape index (κ3) is 2.26. The van der Waals surface area contributed by atoms with Gasteiger partial charge in [-0.15, -0.1) is 0 Å². The monoisotopic (exact) mass is 268 g/mol. The second-order valence-electron chi connectivity index (χ2n) is 3.92. The zero-order valence-electron chi connectivity index (χ0n) is 9.68. The Kier molecular flexibility index (Phi) is 3.43. The van der Waals surface area contributed by atoms with Gasteiger partial charge in [0.25, 0.3) is 5.91 Å². The van der Waals surface area contributed by atoms with Crippen molar-refractivity contribution < 1.29 is 19.4 Å². The van der Waals surface area contributed by atoms with Crippen molar-refractivity contribution in [3.63, 3.8) is 0 Å². The molecule has 18 heavy (non-hydrogen) atoms. The van der Waals surface area contributed by atoms with Crippen LogP contribution in [0.25, 0.3) is 0 Å². The molecule has 0 radical (unpaired) electrons. The van der Waals surface area contributed by atoms with Gasteiger partial charge in [-0.1, -0.05) is 18.5 Å². The summed E-state index contributed by atoms with van der Waals surface area (Å²) in [7, 11) is 0. The summed E-state index contributed by atoms with van der Waals surface area (Å²) in [6.45, 7) is 1.28. The molecule has 0 N–H and O–H groups in total. The van der Waals surface area contributed by atoms with Gasteiger partial charge in [0.2, 0.25) is 0 Å². The van der Waals surface area contributed by atoms with Gasteiger partial charge in [0.15, 0.2) is 6.10 Å². The van der Waals surface area contributed by atoms with Crippen molar-refractivity contribution in [3.05, 3.63) is 23.2 Å². The summed E-state index contributed by atoms with van der Waals surface area (Å²) < 4.78 is 5.50. The van der Waals surface area contributed by atoms with E-state index < -0.39 is 24.5 Å². The minimum absolute atomic E-state index is 0.362. The van der Waals surface area contributed by atoms with Crippen molar-refractivity contribution >= 4 is 29.2 Å². The van der Waals surface area contributed by atoms with Crippen LogP contribution < -0.4 is 14.7 Å². The van der Waals surface area contributed by atoms with Crippen molar-refractivity contribution in [1.82, 2.24) is 0 Å². The number of anilines is 1. The Morgan fingerprint density at radius 3 is 2.89 bits per heavy atom. The minimum Gasteiger partial charge on any atom is -0.548 e. The molecule has 1 aliphatic heterocycles. The van der Waals surface area contributed by atoms with Crippen LogP contribution >= 0.6 is 11.6 Å². The maximum Gasteiger partial charge on any atom is 0.268 e. The van der Waals surface area contributed by atoms with Crippen LogP contribution in [0.4, 0.5) is 5.69 Å². The normalized spacial score (nSPS) is 18.2. The molecule has 1 aromatic carbocycles. The number of nitrogens with zero attached hydrogens (tertiary/aromatic N) is 1. The summed E-state index contributed by atoms with van der Waals surface area (Å²) in [5, 5.41) is 11.1. The average molecular weight is 269 g/mol. The van der Waals surface area contributed by atoms with Gasteiger partial charge >= 0.3 is 0 Å². The predicted molar refractivity (Wildman–Crippen MR) is 63.5 cm³/mol. The average Bonchev–Trinajstić information content (AvgIpc) is 2.32. The lowest BCUT2D eigenvalue weighted by molar-refractivity contribution is -0.303. The quantitative estimate of drug-likeness (QED) is 0.805. The third-order valence-corrected chi connectivity index (χ3v) is 2.92. The number of hydrogen-bond donors (Lipinski definition) is 0. The molecule has 0 fully saturated rings. The third-order valence-electron chi connectivity index (χ3n) is 2.68. The Balaban J connectivity index is 2.45. The number of aliphatic carboxylic acids is 1. The Labute approximate surface area is 109 Å². The van der Waals surface area contributed by atoms with Crippen molar-refractivity contribution in [3.8, 4) is 5.75 Å². The first-order valence-electron chi connectivity index (χ1n) is 5.50. The summed E-state index contributed by atoms with van der Waals surface area (Å²) in [6, 6.07) is 4.75. The second kappa shape index (κ2) is 4.86. The van der Waals surface area contributed by atoms with Gasteiger partial charge in [-0.3, -0.25) is 4.79 Å². The van der Waals surface area contributed by atoms with Crippen molar-refractivity contribution in [1.29, 1.82) is 0 Å². The number of rotatable bonds is 3. The molecule has 0 spiro atoms. The number of fused-ring (bicyclic) bond motifs is 1. The van der Waals surface area contributed by atoms with Crippen LogP contribution in [0.3, 0.4) is 0 Å². The molecule has 1 atom stereocenters. The maximum atomic E-state index is 12.0. The van der Waals surface area contributed by atoms with Crippen LogP contribution in [0.5, 0.6) is 5.75 Å². The second-order valence-corrected chi connectivity index (χ2v) is 4.36. The summed E-state index contributed by atoms with van der Waals surface area (Å²) in [4.78, 5) is 23.9. The van der Waals surface area contributed by atoms with E-state index in [9.17, 15) is 14.7 Å². The fraction of sp³-hybridized carbons (Fsp3) is 0.333. The zero-order chi connectivity index (χ0) is 13.3. The topological polar surface area (TPSA) is 69.7 Å². The molecular formula is C12H11ClNO4-. The van der Waals surface area contributed by atoms with Crippen molar-refractivity contribution in [2.75, 3.05) is 11.4 Å². The first kappa shape index (κ1) is 12.7. The van der Waals surface area contributed by atoms with E-state index in [1.54, 1.807) is 19.1 Å². The molecule has 0 aliphatic carbocycles. The predicted octanol–water partition coefficient (Wildman–Crippen LogP) is 0.594. The highest BCUT2D eigenvalue weighted by Gasteiger charge is 2.33. The Bertz CT molecular complexity index is 503. The molecule has 0 saturated carbocycles. The molecule has 0 aromatic heterocycles. The van der Waals surface area contributed by atoms with Crippen LogP contribution in [0.2, 0.25) is 5.02 Å². The largest absolute Gasteiger partial charge is 0.548 e. The molecule has 2 rings (SSSR count). The van der Waals surface area contributed by atoms with E-state index in [1.165, 1.54) is 6.07 Å². The van der Waals surface area contributed by atoms with E-state index in [0.717, 1.165) is 4.90 Å². The van der Waals surface area contributed by atoms with Crippen LogP contribution in [0.1, 0.15) is 13.3 Å². The fourth-order valence-electron chi connectivity index (χ4n) is 1.85. The molecule has 0 bridgehead atoms. The van der Waals surface area contributed by atoms with Gasteiger partial charge < -0.3 is 19.5 Å². The molecule has 1 amide bonds. The summed E-state index contributed by atoms with van der Waals surface area (Å²) in [5.41, 5.74) is 0.362.